The number of benzene rings is 2. The molecular formula is C22H25Cl2N3O2. The number of hydrogen-bond donors (Lipinski definition) is 2. The number of anilines is 2. The second kappa shape index (κ2) is 9.51. The van der Waals surface area contributed by atoms with E-state index in [1.807, 2.05) is 26.0 Å². The topological polar surface area (TPSA) is 61.4 Å². The normalized spacial score (nSPS) is 13.6. The number of rotatable bonds is 6. The standard InChI is InChI=1S/C22H25Cl2N3O2/c1-14(2)13-25-21(28)18-12-16(6-8-20(18)27-9-3-4-10-27)26-22(29)17-7-5-15(23)11-19(17)24/h5-8,11-12,14H,3-4,9-10,13H2,1-2H3,(H,25,28)(H,26,29). The number of halogens is 2. The Kier molecular flexibility index (Phi) is 7.04. The molecule has 0 aromatic heterocycles. The first kappa shape index (κ1) is 21.5. The average molecular weight is 434 g/mol. The van der Waals surface area contributed by atoms with Gasteiger partial charge in [0.2, 0.25) is 0 Å². The summed E-state index contributed by atoms with van der Waals surface area (Å²) in [6.07, 6.45) is 2.22. The summed E-state index contributed by atoms with van der Waals surface area (Å²) in [5.74, 6) is -0.139. The summed E-state index contributed by atoms with van der Waals surface area (Å²) in [5.41, 5.74) is 2.32. The van der Waals surface area contributed by atoms with Crippen LogP contribution in [0, 0.1) is 5.92 Å². The summed E-state index contributed by atoms with van der Waals surface area (Å²) < 4.78 is 0. The van der Waals surface area contributed by atoms with E-state index in [0.717, 1.165) is 31.6 Å². The van der Waals surface area contributed by atoms with Crippen LogP contribution in [0.2, 0.25) is 10.0 Å². The molecule has 0 unspecified atom stereocenters. The minimum absolute atomic E-state index is 0.138. The van der Waals surface area contributed by atoms with E-state index in [9.17, 15) is 9.59 Å². The smallest absolute Gasteiger partial charge is 0.257 e. The van der Waals surface area contributed by atoms with Crippen LogP contribution in [0.5, 0.6) is 0 Å². The summed E-state index contributed by atoms with van der Waals surface area (Å²) >= 11 is 12.0. The Morgan fingerprint density at radius 1 is 1.00 bits per heavy atom. The number of nitrogens with one attached hydrogen (secondary N) is 2. The van der Waals surface area contributed by atoms with Gasteiger partial charge in [0, 0.05) is 36.0 Å². The molecule has 0 aliphatic carbocycles. The number of carbonyl (C=O) groups excluding carboxylic acids is 2. The molecule has 3 rings (SSSR count). The van der Waals surface area contributed by atoms with Crippen LogP contribution in [0.3, 0.4) is 0 Å². The average Bonchev–Trinajstić information content (AvgIpc) is 3.20. The molecule has 1 saturated heterocycles. The van der Waals surface area contributed by atoms with Crippen molar-refractivity contribution in [2.75, 3.05) is 29.9 Å². The highest BCUT2D eigenvalue weighted by atomic mass is 35.5. The molecule has 0 radical (unpaired) electrons. The van der Waals surface area contributed by atoms with Crippen molar-refractivity contribution in [3.05, 3.63) is 57.6 Å². The molecule has 1 aliphatic heterocycles. The Balaban J connectivity index is 1.86. The van der Waals surface area contributed by atoms with E-state index in [0.29, 0.717) is 34.3 Å². The number of hydrogen-bond acceptors (Lipinski definition) is 3. The second-order valence-electron chi connectivity index (χ2n) is 7.61. The first-order valence-corrected chi connectivity index (χ1v) is 10.5. The lowest BCUT2D eigenvalue weighted by Crippen LogP contribution is -2.30. The van der Waals surface area contributed by atoms with Gasteiger partial charge in [-0.1, -0.05) is 37.0 Å². The summed E-state index contributed by atoms with van der Waals surface area (Å²) in [7, 11) is 0. The Morgan fingerprint density at radius 2 is 1.72 bits per heavy atom. The van der Waals surface area contributed by atoms with Crippen molar-refractivity contribution in [1.82, 2.24) is 5.32 Å². The molecule has 0 spiro atoms. The van der Waals surface area contributed by atoms with Gasteiger partial charge in [-0.05, 0) is 55.2 Å². The summed E-state index contributed by atoms with van der Waals surface area (Å²) in [6, 6.07) is 10.2. The third-order valence-electron chi connectivity index (χ3n) is 4.79. The fourth-order valence-corrected chi connectivity index (χ4v) is 3.79. The van der Waals surface area contributed by atoms with E-state index in [4.69, 9.17) is 23.2 Å². The predicted molar refractivity (Wildman–Crippen MR) is 119 cm³/mol. The van der Waals surface area contributed by atoms with Crippen LogP contribution in [-0.2, 0) is 0 Å². The van der Waals surface area contributed by atoms with Crippen molar-refractivity contribution in [3.8, 4) is 0 Å². The Bertz CT molecular complexity index is 909. The fraction of sp³-hybridized carbons (Fsp3) is 0.364. The zero-order chi connectivity index (χ0) is 21.0. The molecule has 0 saturated carbocycles. The van der Waals surface area contributed by atoms with E-state index >= 15 is 0 Å². The van der Waals surface area contributed by atoms with E-state index in [-0.39, 0.29) is 16.8 Å². The molecule has 5 nitrogen and oxygen atoms in total. The van der Waals surface area contributed by atoms with E-state index in [1.165, 1.54) is 6.07 Å². The van der Waals surface area contributed by atoms with Gasteiger partial charge < -0.3 is 15.5 Å². The van der Waals surface area contributed by atoms with Gasteiger partial charge in [0.25, 0.3) is 11.8 Å². The third kappa shape index (κ3) is 5.43. The highest BCUT2D eigenvalue weighted by Gasteiger charge is 2.21. The zero-order valence-electron chi connectivity index (χ0n) is 16.6. The fourth-order valence-electron chi connectivity index (χ4n) is 3.29. The number of nitrogens with zero attached hydrogens (tertiary/aromatic N) is 1. The monoisotopic (exact) mass is 433 g/mol. The highest BCUT2D eigenvalue weighted by Crippen LogP contribution is 2.28. The molecular weight excluding hydrogens is 409 g/mol. The van der Waals surface area contributed by atoms with Crippen LogP contribution < -0.4 is 15.5 Å². The molecule has 0 atom stereocenters. The van der Waals surface area contributed by atoms with Gasteiger partial charge in [-0.2, -0.15) is 0 Å². The van der Waals surface area contributed by atoms with Crippen LogP contribution >= 0.6 is 23.2 Å². The quantitative estimate of drug-likeness (QED) is 0.655. The lowest BCUT2D eigenvalue weighted by Gasteiger charge is -2.22. The first-order chi connectivity index (χ1) is 13.8. The Hall–Kier alpha value is -2.24. The molecule has 7 heteroatoms. The van der Waals surface area contributed by atoms with Crippen LogP contribution in [0.4, 0.5) is 11.4 Å². The van der Waals surface area contributed by atoms with Crippen molar-refractivity contribution in [2.24, 2.45) is 5.92 Å². The number of carbonyl (C=O) groups is 2. The highest BCUT2D eigenvalue weighted by molar-refractivity contribution is 6.37. The molecule has 2 aromatic rings. The lowest BCUT2D eigenvalue weighted by atomic mass is 10.1. The Morgan fingerprint density at radius 3 is 2.38 bits per heavy atom. The Labute approximate surface area is 181 Å². The van der Waals surface area contributed by atoms with E-state index in [1.54, 1.807) is 18.2 Å². The number of amides is 2. The van der Waals surface area contributed by atoms with Crippen molar-refractivity contribution >= 4 is 46.4 Å². The van der Waals surface area contributed by atoms with Crippen LogP contribution in [0.15, 0.2) is 36.4 Å². The molecule has 2 aromatic carbocycles. The van der Waals surface area contributed by atoms with Gasteiger partial charge in [0.15, 0.2) is 0 Å². The minimum atomic E-state index is -0.353. The van der Waals surface area contributed by atoms with Crippen LogP contribution in [0.1, 0.15) is 47.4 Å². The van der Waals surface area contributed by atoms with Gasteiger partial charge in [-0.25, -0.2) is 0 Å². The lowest BCUT2D eigenvalue weighted by molar-refractivity contribution is 0.0948. The van der Waals surface area contributed by atoms with Crippen LogP contribution in [-0.4, -0.2) is 31.4 Å². The summed E-state index contributed by atoms with van der Waals surface area (Å²) in [6.45, 7) is 6.55. The maximum atomic E-state index is 12.8. The van der Waals surface area contributed by atoms with Gasteiger partial charge in [-0.15, -0.1) is 0 Å². The largest absolute Gasteiger partial charge is 0.371 e. The van der Waals surface area contributed by atoms with Crippen molar-refractivity contribution in [1.29, 1.82) is 0 Å². The molecule has 1 heterocycles. The summed E-state index contributed by atoms with van der Waals surface area (Å²) in [4.78, 5) is 27.7. The summed E-state index contributed by atoms with van der Waals surface area (Å²) in [5, 5.41) is 6.55. The molecule has 29 heavy (non-hydrogen) atoms. The van der Waals surface area contributed by atoms with Gasteiger partial charge >= 0.3 is 0 Å². The maximum Gasteiger partial charge on any atom is 0.257 e. The van der Waals surface area contributed by atoms with E-state index < -0.39 is 0 Å². The van der Waals surface area contributed by atoms with Crippen molar-refractivity contribution in [2.45, 2.75) is 26.7 Å². The second-order valence-corrected chi connectivity index (χ2v) is 8.45. The van der Waals surface area contributed by atoms with Crippen molar-refractivity contribution < 1.29 is 9.59 Å². The molecule has 2 amide bonds. The minimum Gasteiger partial charge on any atom is -0.371 e. The van der Waals surface area contributed by atoms with Crippen molar-refractivity contribution in [3.63, 3.8) is 0 Å². The first-order valence-electron chi connectivity index (χ1n) is 9.78. The SMILES string of the molecule is CC(C)CNC(=O)c1cc(NC(=O)c2ccc(Cl)cc2Cl)ccc1N1CCCC1. The van der Waals surface area contributed by atoms with Gasteiger partial charge in [0.1, 0.15) is 0 Å². The molecule has 1 aliphatic rings. The molecule has 154 valence electrons. The molecule has 1 fully saturated rings. The zero-order valence-corrected chi connectivity index (χ0v) is 18.1. The third-order valence-corrected chi connectivity index (χ3v) is 5.34. The van der Waals surface area contributed by atoms with Gasteiger partial charge in [-0.3, -0.25) is 9.59 Å². The van der Waals surface area contributed by atoms with Crippen LogP contribution in [0.25, 0.3) is 0 Å². The predicted octanol–water partition coefficient (Wildman–Crippen LogP) is 5.23. The molecule has 0 bridgehead atoms. The maximum absolute atomic E-state index is 12.8. The van der Waals surface area contributed by atoms with Gasteiger partial charge in [0.05, 0.1) is 16.1 Å². The molecule has 2 N–H and O–H groups in total. The van der Waals surface area contributed by atoms with E-state index in [2.05, 4.69) is 15.5 Å².